The largest absolute Gasteiger partial charge is 0.341 e. The van der Waals surface area contributed by atoms with Crippen LogP contribution in [-0.2, 0) is 5.54 Å². The first-order valence-electron chi connectivity index (χ1n) is 5.48. The number of benzene rings is 1. The van der Waals surface area contributed by atoms with Gasteiger partial charge in [-0.25, -0.2) is 0 Å². The molecular weight excluding hydrogens is 312 g/mol. The number of aromatic nitrogens is 1. The average Bonchev–Trinajstić information content (AvgIpc) is 2.93. The van der Waals surface area contributed by atoms with Crippen LogP contribution in [-0.4, -0.2) is 16.2 Å². The van der Waals surface area contributed by atoms with Crippen molar-refractivity contribution in [2.75, 3.05) is 5.33 Å². The molecule has 0 aliphatic heterocycles. The number of nitrogens with zero attached hydrogens (tertiary/aromatic N) is 1. The standard InChI is InChI=1S/C13H13BrN2OS/c1-13(8-14,10-5-3-2-4-6-10)16-12(17)11-7-15-9-18-11/h2-7,9H,8H2,1H3,(H,16,17). The molecule has 0 radical (unpaired) electrons. The van der Waals surface area contributed by atoms with Crippen molar-refractivity contribution in [3.8, 4) is 0 Å². The van der Waals surface area contributed by atoms with Gasteiger partial charge in [0.25, 0.3) is 5.91 Å². The van der Waals surface area contributed by atoms with Gasteiger partial charge in [0.15, 0.2) is 0 Å². The summed E-state index contributed by atoms with van der Waals surface area (Å²) < 4.78 is 0. The molecule has 0 fully saturated rings. The van der Waals surface area contributed by atoms with Crippen molar-refractivity contribution in [2.24, 2.45) is 0 Å². The Labute approximate surface area is 118 Å². The lowest BCUT2D eigenvalue weighted by Crippen LogP contribution is -2.44. The van der Waals surface area contributed by atoms with Crippen molar-refractivity contribution in [3.05, 3.63) is 52.5 Å². The summed E-state index contributed by atoms with van der Waals surface area (Å²) in [5.74, 6) is -0.0942. The summed E-state index contributed by atoms with van der Waals surface area (Å²) in [6.07, 6.45) is 1.58. The van der Waals surface area contributed by atoms with Crippen molar-refractivity contribution in [2.45, 2.75) is 12.5 Å². The molecule has 2 rings (SSSR count). The van der Waals surface area contributed by atoms with E-state index in [1.807, 2.05) is 37.3 Å². The summed E-state index contributed by atoms with van der Waals surface area (Å²) in [6, 6.07) is 9.91. The van der Waals surface area contributed by atoms with E-state index in [1.54, 1.807) is 11.7 Å². The number of rotatable bonds is 4. The van der Waals surface area contributed by atoms with Gasteiger partial charge in [0.05, 0.1) is 17.2 Å². The average molecular weight is 325 g/mol. The van der Waals surface area contributed by atoms with Gasteiger partial charge in [0.2, 0.25) is 0 Å². The van der Waals surface area contributed by atoms with Gasteiger partial charge in [0.1, 0.15) is 4.88 Å². The number of carbonyl (C=O) groups is 1. The Morgan fingerprint density at radius 3 is 2.72 bits per heavy atom. The van der Waals surface area contributed by atoms with Crippen LogP contribution in [0.1, 0.15) is 22.2 Å². The van der Waals surface area contributed by atoms with Gasteiger partial charge in [0, 0.05) is 5.33 Å². The van der Waals surface area contributed by atoms with Crippen LogP contribution in [0.2, 0.25) is 0 Å². The highest BCUT2D eigenvalue weighted by molar-refractivity contribution is 9.09. The Balaban J connectivity index is 2.21. The van der Waals surface area contributed by atoms with E-state index < -0.39 is 5.54 Å². The highest BCUT2D eigenvalue weighted by atomic mass is 79.9. The van der Waals surface area contributed by atoms with E-state index in [-0.39, 0.29) is 5.91 Å². The first-order valence-corrected chi connectivity index (χ1v) is 7.48. The fourth-order valence-corrected chi connectivity index (χ4v) is 2.61. The quantitative estimate of drug-likeness (QED) is 0.877. The number of halogens is 1. The fourth-order valence-electron chi connectivity index (χ4n) is 1.63. The highest BCUT2D eigenvalue weighted by Gasteiger charge is 2.28. The van der Waals surface area contributed by atoms with E-state index in [2.05, 4.69) is 26.2 Å². The molecule has 1 aromatic heterocycles. The maximum atomic E-state index is 12.1. The molecule has 94 valence electrons. The summed E-state index contributed by atoms with van der Waals surface area (Å²) in [7, 11) is 0. The predicted octanol–water partition coefficient (Wildman–Crippen LogP) is 3.18. The zero-order chi connectivity index (χ0) is 13.0. The highest BCUT2D eigenvalue weighted by Crippen LogP contribution is 2.23. The number of hydrogen-bond acceptors (Lipinski definition) is 3. The molecule has 0 spiro atoms. The molecular formula is C13H13BrN2OS. The monoisotopic (exact) mass is 324 g/mol. The minimum absolute atomic E-state index is 0.0942. The molecule has 1 amide bonds. The Bertz CT molecular complexity index is 515. The van der Waals surface area contributed by atoms with Gasteiger partial charge in [-0.2, -0.15) is 0 Å². The third-order valence-corrected chi connectivity index (χ3v) is 4.62. The summed E-state index contributed by atoms with van der Waals surface area (Å²) in [6.45, 7) is 2.00. The first-order chi connectivity index (χ1) is 8.65. The Hall–Kier alpha value is -1.20. The van der Waals surface area contributed by atoms with E-state index >= 15 is 0 Å². The molecule has 0 saturated heterocycles. The lowest BCUT2D eigenvalue weighted by Gasteiger charge is -2.29. The van der Waals surface area contributed by atoms with E-state index in [1.165, 1.54) is 11.3 Å². The van der Waals surface area contributed by atoms with E-state index in [9.17, 15) is 4.79 Å². The van der Waals surface area contributed by atoms with Gasteiger partial charge in [-0.05, 0) is 12.5 Å². The molecule has 18 heavy (non-hydrogen) atoms. The maximum Gasteiger partial charge on any atom is 0.263 e. The van der Waals surface area contributed by atoms with E-state index in [4.69, 9.17) is 0 Å². The molecule has 0 bridgehead atoms. The topological polar surface area (TPSA) is 42.0 Å². The van der Waals surface area contributed by atoms with Crippen LogP contribution in [0.5, 0.6) is 0 Å². The molecule has 3 nitrogen and oxygen atoms in total. The molecule has 1 atom stereocenters. The summed E-state index contributed by atoms with van der Waals surface area (Å²) in [5, 5.41) is 3.69. The molecule has 5 heteroatoms. The van der Waals surface area contributed by atoms with Crippen molar-refractivity contribution >= 4 is 33.2 Å². The second kappa shape index (κ2) is 5.63. The van der Waals surface area contributed by atoms with Crippen molar-refractivity contribution in [1.29, 1.82) is 0 Å². The molecule has 1 unspecified atom stereocenters. The number of amides is 1. The Kier molecular flexibility index (Phi) is 4.14. The van der Waals surface area contributed by atoms with Crippen LogP contribution in [0.15, 0.2) is 42.0 Å². The van der Waals surface area contributed by atoms with Crippen LogP contribution < -0.4 is 5.32 Å². The Morgan fingerprint density at radius 1 is 1.44 bits per heavy atom. The Morgan fingerprint density at radius 2 is 2.17 bits per heavy atom. The minimum Gasteiger partial charge on any atom is -0.341 e. The van der Waals surface area contributed by atoms with Crippen LogP contribution in [0.4, 0.5) is 0 Å². The van der Waals surface area contributed by atoms with Crippen LogP contribution in [0, 0.1) is 0 Å². The van der Waals surface area contributed by atoms with Gasteiger partial charge in [-0.3, -0.25) is 9.78 Å². The van der Waals surface area contributed by atoms with Crippen molar-refractivity contribution in [3.63, 3.8) is 0 Å². The van der Waals surface area contributed by atoms with Gasteiger partial charge in [-0.15, -0.1) is 11.3 Å². The molecule has 0 aliphatic rings. The zero-order valence-electron chi connectivity index (χ0n) is 9.89. The summed E-state index contributed by atoms with van der Waals surface area (Å²) >= 11 is 4.81. The van der Waals surface area contributed by atoms with E-state index in [0.29, 0.717) is 10.2 Å². The van der Waals surface area contributed by atoms with Crippen LogP contribution in [0.25, 0.3) is 0 Å². The first kappa shape index (κ1) is 13.2. The number of thiazole rings is 1. The third kappa shape index (κ3) is 2.79. The van der Waals surface area contributed by atoms with Crippen molar-refractivity contribution < 1.29 is 4.79 Å². The lowest BCUT2D eigenvalue weighted by atomic mass is 9.94. The number of carbonyl (C=O) groups excluding carboxylic acids is 1. The second-order valence-corrected chi connectivity index (χ2v) is 5.60. The number of nitrogens with one attached hydrogen (secondary N) is 1. The van der Waals surface area contributed by atoms with Crippen LogP contribution in [0.3, 0.4) is 0 Å². The lowest BCUT2D eigenvalue weighted by molar-refractivity contribution is 0.0918. The summed E-state index contributed by atoms with van der Waals surface area (Å²) in [4.78, 5) is 16.6. The second-order valence-electron chi connectivity index (χ2n) is 4.15. The molecule has 2 aromatic rings. The molecule has 1 aromatic carbocycles. The van der Waals surface area contributed by atoms with Crippen molar-refractivity contribution in [1.82, 2.24) is 10.3 Å². The zero-order valence-corrected chi connectivity index (χ0v) is 12.3. The van der Waals surface area contributed by atoms with Gasteiger partial charge < -0.3 is 5.32 Å². The number of hydrogen-bond donors (Lipinski definition) is 1. The van der Waals surface area contributed by atoms with E-state index in [0.717, 1.165) is 5.56 Å². The third-order valence-electron chi connectivity index (χ3n) is 2.72. The maximum absolute atomic E-state index is 12.1. The number of alkyl halides is 1. The predicted molar refractivity (Wildman–Crippen MR) is 77.2 cm³/mol. The minimum atomic E-state index is -0.428. The van der Waals surface area contributed by atoms with Gasteiger partial charge in [-0.1, -0.05) is 46.3 Å². The summed E-state index contributed by atoms with van der Waals surface area (Å²) in [5.41, 5.74) is 2.30. The fraction of sp³-hybridized carbons (Fsp3) is 0.231. The SMILES string of the molecule is CC(CBr)(NC(=O)c1cncs1)c1ccccc1. The molecule has 0 saturated carbocycles. The molecule has 1 heterocycles. The normalized spacial score (nSPS) is 13.9. The molecule has 1 N–H and O–H groups in total. The van der Waals surface area contributed by atoms with Gasteiger partial charge >= 0.3 is 0 Å². The smallest absolute Gasteiger partial charge is 0.263 e. The van der Waals surface area contributed by atoms with Crippen LogP contribution >= 0.6 is 27.3 Å². The molecule has 0 aliphatic carbocycles.